The fourth-order valence-corrected chi connectivity index (χ4v) is 2.96. The molecule has 0 fully saturated rings. The van der Waals surface area contributed by atoms with Gasteiger partial charge in [0.25, 0.3) is 0 Å². The Kier molecular flexibility index (Phi) is 3.63. The highest BCUT2D eigenvalue weighted by atomic mass is 35.5. The van der Waals surface area contributed by atoms with Gasteiger partial charge in [0.2, 0.25) is 0 Å². The lowest BCUT2D eigenvalue weighted by Gasteiger charge is -2.04. The summed E-state index contributed by atoms with van der Waals surface area (Å²) >= 11 is 7.25. The number of rotatable bonds is 3. The normalized spacial score (nSPS) is 10.6. The highest BCUT2D eigenvalue weighted by molar-refractivity contribution is 7.99. The largest absolute Gasteiger partial charge is 0.478 e. The van der Waals surface area contributed by atoms with E-state index in [1.54, 1.807) is 30.8 Å². The first-order chi connectivity index (χ1) is 8.49. The minimum atomic E-state index is -0.967. The molecule has 1 heterocycles. The molecule has 0 bridgehead atoms. The Balaban J connectivity index is 2.43. The zero-order valence-corrected chi connectivity index (χ0v) is 11.4. The molecule has 4 nitrogen and oxygen atoms in total. The number of hydrogen-bond donors (Lipinski definition) is 1. The van der Waals surface area contributed by atoms with Crippen LogP contribution in [0.4, 0.5) is 0 Å². The van der Waals surface area contributed by atoms with Crippen molar-refractivity contribution >= 4 is 29.3 Å². The van der Waals surface area contributed by atoms with Crippen LogP contribution in [0.15, 0.2) is 34.2 Å². The molecule has 0 aliphatic carbocycles. The Hall–Kier alpha value is -1.46. The molecule has 0 radical (unpaired) electrons. The van der Waals surface area contributed by atoms with Crippen molar-refractivity contribution in [1.82, 2.24) is 9.78 Å². The van der Waals surface area contributed by atoms with Crippen molar-refractivity contribution in [2.45, 2.75) is 16.8 Å². The first-order valence-electron chi connectivity index (χ1n) is 5.19. The van der Waals surface area contributed by atoms with Gasteiger partial charge in [-0.05, 0) is 25.1 Å². The lowest BCUT2D eigenvalue weighted by molar-refractivity contribution is 0.0692. The fourth-order valence-electron chi connectivity index (χ4n) is 1.64. The van der Waals surface area contributed by atoms with Crippen LogP contribution in [-0.2, 0) is 7.05 Å². The molecule has 0 saturated carbocycles. The summed E-state index contributed by atoms with van der Waals surface area (Å²) in [6.45, 7) is 1.69. The predicted molar refractivity (Wildman–Crippen MR) is 70.5 cm³/mol. The second-order valence-corrected chi connectivity index (χ2v) is 5.25. The van der Waals surface area contributed by atoms with Gasteiger partial charge in [0.1, 0.15) is 10.6 Å². The van der Waals surface area contributed by atoms with Crippen LogP contribution in [0, 0.1) is 6.92 Å². The minimum absolute atomic E-state index is 0.238. The third-order valence-corrected chi connectivity index (χ3v) is 3.78. The first-order valence-corrected chi connectivity index (χ1v) is 6.39. The van der Waals surface area contributed by atoms with Crippen LogP contribution in [0.25, 0.3) is 0 Å². The molecule has 0 saturated heterocycles. The van der Waals surface area contributed by atoms with Crippen molar-refractivity contribution in [1.29, 1.82) is 0 Å². The Morgan fingerprint density at radius 1 is 1.50 bits per heavy atom. The zero-order valence-electron chi connectivity index (χ0n) is 9.85. The van der Waals surface area contributed by atoms with Crippen LogP contribution in [0.1, 0.15) is 16.1 Å². The summed E-state index contributed by atoms with van der Waals surface area (Å²) in [7, 11) is 1.73. The van der Waals surface area contributed by atoms with Crippen LogP contribution >= 0.6 is 23.4 Å². The number of carboxylic acid groups (broad SMARTS) is 1. The van der Waals surface area contributed by atoms with Gasteiger partial charge < -0.3 is 5.11 Å². The topological polar surface area (TPSA) is 55.1 Å². The van der Waals surface area contributed by atoms with E-state index in [2.05, 4.69) is 5.10 Å². The van der Waals surface area contributed by atoms with Gasteiger partial charge in [-0.1, -0.05) is 29.4 Å². The smallest absolute Gasteiger partial charge is 0.340 e. The van der Waals surface area contributed by atoms with E-state index in [9.17, 15) is 9.90 Å². The van der Waals surface area contributed by atoms with Gasteiger partial charge in [-0.15, -0.1) is 0 Å². The molecular formula is C12H11ClN2O2S. The van der Waals surface area contributed by atoms with Gasteiger partial charge in [-0.2, -0.15) is 5.10 Å². The number of benzene rings is 1. The third kappa shape index (κ3) is 2.52. The van der Waals surface area contributed by atoms with Gasteiger partial charge in [0.05, 0.1) is 5.69 Å². The molecule has 0 spiro atoms. The van der Waals surface area contributed by atoms with Gasteiger partial charge >= 0.3 is 5.97 Å². The summed E-state index contributed by atoms with van der Waals surface area (Å²) in [6, 6.07) is 7.28. The number of hydrogen-bond acceptors (Lipinski definition) is 3. The van der Waals surface area contributed by atoms with Gasteiger partial charge in [-0.25, -0.2) is 4.79 Å². The first kappa shape index (κ1) is 13.0. The third-order valence-electron chi connectivity index (χ3n) is 2.39. The van der Waals surface area contributed by atoms with E-state index in [0.717, 1.165) is 4.90 Å². The molecule has 94 valence electrons. The second-order valence-electron chi connectivity index (χ2n) is 3.75. The molecule has 2 rings (SSSR count). The summed E-state index contributed by atoms with van der Waals surface area (Å²) in [5.74, 6) is -0.967. The Labute approximate surface area is 114 Å². The molecule has 2 aromatic rings. The average Bonchev–Trinajstić information content (AvgIpc) is 2.53. The molecule has 0 aliphatic heterocycles. The molecule has 0 atom stereocenters. The standard InChI is InChI=1S/C12H11ClN2O2S/c1-7-10(12(16)17)11(15(2)14-7)18-9-5-3-4-8(13)6-9/h3-6H,1-2H3,(H,16,17). The zero-order chi connectivity index (χ0) is 13.3. The molecule has 0 amide bonds. The van der Waals surface area contributed by atoms with Crippen LogP contribution in [0.5, 0.6) is 0 Å². The number of carbonyl (C=O) groups is 1. The van der Waals surface area contributed by atoms with E-state index < -0.39 is 5.97 Å². The summed E-state index contributed by atoms with van der Waals surface area (Å²) in [6.07, 6.45) is 0. The molecule has 0 aliphatic rings. The number of carboxylic acids is 1. The fraction of sp³-hybridized carbons (Fsp3) is 0.167. The van der Waals surface area contributed by atoms with Crippen molar-refractivity contribution in [3.05, 3.63) is 40.5 Å². The maximum atomic E-state index is 11.2. The van der Waals surface area contributed by atoms with Crippen molar-refractivity contribution in [2.24, 2.45) is 7.05 Å². The average molecular weight is 283 g/mol. The molecule has 1 N–H and O–H groups in total. The summed E-state index contributed by atoms with van der Waals surface area (Å²) in [5.41, 5.74) is 0.747. The van der Waals surface area contributed by atoms with E-state index in [-0.39, 0.29) is 5.56 Å². The Morgan fingerprint density at radius 2 is 2.22 bits per heavy atom. The Morgan fingerprint density at radius 3 is 2.83 bits per heavy atom. The van der Waals surface area contributed by atoms with Crippen molar-refractivity contribution in [2.75, 3.05) is 0 Å². The predicted octanol–water partition coefficient (Wildman–Crippen LogP) is 3.23. The number of nitrogens with zero attached hydrogens (tertiary/aromatic N) is 2. The highest BCUT2D eigenvalue weighted by Gasteiger charge is 2.20. The number of aromatic nitrogens is 2. The Bertz CT molecular complexity index is 610. The lowest BCUT2D eigenvalue weighted by atomic mass is 10.3. The van der Waals surface area contributed by atoms with E-state index in [4.69, 9.17) is 11.6 Å². The lowest BCUT2D eigenvalue weighted by Crippen LogP contribution is -2.00. The number of aryl methyl sites for hydroxylation is 2. The van der Waals surface area contributed by atoms with E-state index >= 15 is 0 Å². The molecule has 1 aromatic carbocycles. The van der Waals surface area contributed by atoms with E-state index in [1.807, 2.05) is 12.1 Å². The summed E-state index contributed by atoms with van der Waals surface area (Å²) < 4.78 is 1.57. The van der Waals surface area contributed by atoms with Crippen LogP contribution in [0.3, 0.4) is 0 Å². The summed E-state index contributed by atoms with van der Waals surface area (Å²) in [4.78, 5) is 12.1. The van der Waals surface area contributed by atoms with Gasteiger partial charge in [0, 0.05) is 17.0 Å². The molecule has 6 heteroatoms. The summed E-state index contributed by atoms with van der Waals surface area (Å²) in [5, 5.41) is 14.6. The number of aromatic carboxylic acids is 1. The van der Waals surface area contributed by atoms with Crippen molar-refractivity contribution in [3.8, 4) is 0 Å². The molecule has 18 heavy (non-hydrogen) atoms. The molecular weight excluding hydrogens is 272 g/mol. The van der Waals surface area contributed by atoms with Crippen molar-refractivity contribution in [3.63, 3.8) is 0 Å². The second kappa shape index (κ2) is 5.04. The monoisotopic (exact) mass is 282 g/mol. The SMILES string of the molecule is Cc1nn(C)c(Sc2cccc(Cl)c2)c1C(=O)O. The van der Waals surface area contributed by atoms with E-state index in [0.29, 0.717) is 15.7 Å². The quantitative estimate of drug-likeness (QED) is 0.939. The molecule has 1 aromatic heterocycles. The van der Waals surface area contributed by atoms with Crippen LogP contribution in [-0.4, -0.2) is 20.9 Å². The van der Waals surface area contributed by atoms with Crippen LogP contribution < -0.4 is 0 Å². The maximum absolute atomic E-state index is 11.2. The number of halogens is 1. The van der Waals surface area contributed by atoms with Crippen LogP contribution in [0.2, 0.25) is 5.02 Å². The van der Waals surface area contributed by atoms with E-state index in [1.165, 1.54) is 11.8 Å². The highest BCUT2D eigenvalue weighted by Crippen LogP contribution is 2.32. The van der Waals surface area contributed by atoms with Gasteiger partial charge in [0.15, 0.2) is 0 Å². The minimum Gasteiger partial charge on any atom is -0.478 e. The van der Waals surface area contributed by atoms with Gasteiger partial charge in [-0.3, -0.25) is 4.68 Å². The molecule has 0 unspecified atom stereocenters. The maximum Gasteiger partial charge on any atom is 0.340 e. The van der Waals surface area contributed by atoms with Crippen molar-refractivity contribution < 1.29 is 9.90 Å².